The first-order valence-electron chi connectivity index (χ1n) is 6.15. The average Bonchev–Trinajstić information content (AvgIpc) is 2.29. The smallest absolute Gasteiger partial charge is 0.253 e. The van der Waals surface area contributed by atoms with Crippen LogP contribution in [0, 0.1) is 13.8 Å². The first kappa shape index (κ1) is 12.3. The van der Waals surface area contributed by atoms with E-state index in [1.165, 1.54) is 0 Å². The van der Waals surface area contributed by atoms with Crippen molar-refractivity contribution in [1.29, 1.82) is 0 Å². The van der Waals surface area contributed by atoms with E-state index in [0.717, 1.165) is 50.8 Å². The van der Waals surface area contributed by atoms with E-state index >= 15 is 0 Å². The van der Waals surface area contributed by atoms with Crippen LogP contribution in [0.2, 0.25) is 0 Å². The maximum atomic E-state index is 11.8. The zero-order valence-corrected chi connectivity index (χ0v) is 10.6. The third-order valence-corrected chi connectivity index (χ3v) is 3.18. The third-order valence-electron chi connectivity index (χ3n) is 3.18. The van der Waals surface area contributed by atoms with E-state index in [9.17, 15) is 4.79 Å². The minimum absolute atomic E-state index is 0.0603. The van der Waals surface area contributed by atoms with E-state index < -0.39 is 0 Å². The van der Waals surface area contributed by atoms with Crippen molar-refractivity contribution in [2.75, 3.05) is 32.7 Å². The molecule has 1 fully saturated rings. The minimum Gasteiger partial charge on any atom is -0.314 e. The van der Waals surface area contributed by atoms with Gasteiger partial charge in [0.1, 0.15) is 5.82 Å². The summed E-state index contributed by atoms with van der Waals surface area (Å²) in [4.78, 5) is 18.5. The van der Waals surface area contributed by atoms with Gasteiger partial charge in [0.15, 0.2) is 0 Å². The van der Waals surface area contributed by atoms with Crippen LogP contribution in [0.25, 0.3) is 0 Å². The van der Waals surface area contributed by atoms with Crippen molar-refractivity contribution in [3.63, 3.8) is 0 Å². The highest BCUT2D eigenvalue weighted by Crippen LogP contribution is 1.96. The van der Waals surface area contributed by atoms with Crippen LogP contribution in [0.1, 0.15) is 11.5 Å². The number of hydrogen-bond acceptors (Lipinski definition) is 4. The first-order chi connectivity index (χ1) is 8.16. The van der Waals surface area contributed by atoms with E-state index in [1.807, 2.05) is 13.8 Å². The van der Waals surface area contributed by atoms with Crippen LogP contribution in [0.4, 0.5) is 0 Å². The summed E-state index contributed by atoms with van der Waals surface area (Å²) in [5.41, 5.74) is 0.857. The Morgan fingerprint density at radius 3 is 2.65 bits per heavy atom. The molecule has 1 saturated heterocycles. The summed E-state index contributed by atoms with van der Waals surface area (Å²) >= 11 is 0. The highest BCUT2D eigenvalue weighted by atomic mass is 16.1. The molecule has 0 aliphatic carbocycles. The monoisotopic (exact) mass is 236 g/mol. The molecule has 0 bridgehead atoms. The molecule has 2 heterocycles. The van der Waals surface area contributed by atoms with Crippen LogP contribution in [0.5, 0.6) is 0 Å². The van der Waals surface area contributed by atoms with Gasteiger partial charge in [-0.15, -0.1) is 0 Å². The van der Waals surface area contributed by atoms with Gasteiger partial charge in [-0.25, -0.2) is 4.98 Å². The molecule has 0 aromatic carbocycles. The maximum absolute atomic E-state index is 11.8. The molecule has 0 radical (unpaired) electrons. The lowest BCUT2D eigenvalue weighted by molar-refractivity contribution is 0.230. The number of piperazine rings is 1. The van der Waals surface area contributed by atoms with Crippen LogP contribution >= 0.6 is 0 Å². The van der Waals surface area contributed by atoms with Crippen LogP contribution in [-0.4, -0.2) is 47.2 Å². The Kier molecular flexibility index (Phi) is 3.91. The van der Waals surface area contributed by atoms with Crippen LogP contribution < -0.4 is 10.9 Å². The van der Waals surface area contributed by atoms with E-state index in [1.54, 1.807) is 10.6 Å². The minimum atomic E-state index is 0.0603. The molecule has 1 aliphatic heterocycles. The van der Waals surface area contributed by atoms with Gasteiger partial charge >= 0.3 is 0 Å². The van der Waals surface area contributed by atoms with E-state index in [2.05, 4.69) is 15.2 Å². The van der Waals surface area contributed by atoms with Crippen molar-refractivity contribution >= 4 is 0 Å². The average molecular weight is 236 g/mol. The van der Waals surface area contributed by atoms with Gasteiger partial charge in [0.2, 0.25) is 0 Å². The first-order valence-corrected chi connectivity index (χ1v) is 6.15. The number of aromatic nitrogens is 2. The quantitative estimate of drug-likeness (QED) is 0.787. The molecule has 0 saturated carbocycles. The Morgan fingerprint density at radius 2 is 2.00 bits per heavy atom. The molecule has 1 aromatic rings. The molecule has 0 spiro atoms. The van der Waals surface area contributed by atoms with E-state index in [4.69, 9.17) is 0 Å². The second kappa shape index (κ2) is 5.42. The van der Waals surface area contributed by atoms with Crippen molar-refractivity contribution in [3.05, 3.63) is 27.9 Å². The molecular formula is C12H20N4O. The van der Waals surface area contributed by atoms with Crippen molar-refractivity contribution in [3.8, 4) is 0 Å². The standard InChI is InChI=1S/C12H20N4O/c1-10-9-12(17)16(11(2)14-10)8-7-15-5-3-13-4-6-15/h9,13H,3-8H2,1-2H3. The highest BCUT2D eigenvalue weighted by Gasteiger charge is 2.10. The summed E-state index contributed by atoms with van der Waals surface area (Å²) < 4.78 is 1.76. The molecule has 0 atom stereocenters. The molecule has 0 amide bonds. The van der Waals surface area contributed by atoms with Crippen molar-refractivity contribution < 1.29 is 0 Å². The molecule has 94 valence electrons. The van der Waals surface area contributed by atoms with Crippen molar-refractivity contribution in [1.82, 2.24) is 19.8 Å². The van der Waals surface area contributed by atoms with E-state index in [0.29, 0.717) is 0 Å². The second-order valence-electron chi connectivity index (χ2n) is 4.53. The molecule has 1 aromatic heterocycles. The number of aryl methyl sites for hydroxylation is 2. The van der Waals surface area contributed by atoms with Crippen LogP contribution in [0.15, 0.2) is 10.9 Å². The predicted molar refractivity (Wildman–Crippen MR) is 67.3 cm³/mol. The van der Waals surface area contributed by atoms with Crippen LogP contribution in [-0.2, 0) is 6.54 Å². The summed E-state index contributed by atoms with van der Waals surface area (Å²) in [7, 11) is 0. The summed E-state index contributed by atoms with van der Waals surface area (Å²) in [5, 5.41) is 3.32. The van der Waals surface area contributed by atoms with Gasteiger partial charge in [0.25, 0.3) is 5.56 Å². The summed E-state index contributed by atoms with van der Waals surface area (Å²) in [5.74, 6) is 0.810. The lowest BCUT2D eigenvalue weighted by Crippen LogP contribution is -2.45. The van der Waals surface area contributed by atoms with Gasteiger partial charge in [-0.3, -0.25) is 14.3 Å². The molecule has 1 aliphatic rings. The van der Waals surface area contributed by atoms with Crippen molar-refractivity contribution in [2.45, 2.75) is 20.4 Å². The van der Waals surface area contributed by atoms with Gasteiger partial charge in [-0.05, 0) is 13.8 Å². The topological polar surface area (TPSA) is 50.2 Å². The summed E-state index contributed by atoms with van der Waals surface area (Å²) in [6.45, 7) is 9.62. The number of nitrogens with one attached hydrogen (secondary N) is 1. The zero-order chi connectivity index (χ0) is 12.3. The van der Waals surface area contributed by atoms with Gasteiger partial charge in [0.05, 0.1) is 0 Å². The largest absolute Gasteiger partial charge is 0.314 e. The second-order valence-corrected chi connectivity index (χ2v) is 4.53. The van der Waals surface area contributed by atoms with Gasteiger partial charge in [-0.2, -0.15) is 0 Å². The maximum Gasteiger partial charge on any atom is 0.253 e. The predicted octanol–water partition coefficient (Wildman–Crippen LogP) is -0.235. The van der Waals surface area contributed by atoms with Gasteiger partial charge < -0.3 is 5.32 Å². The lowest BCUT2D eigenvalue weighted by atomic mass is 10.3. The van der Waals surface area contributed by atoms with Gasteiger partial charge in [-0.1, -0.05) is 0 Å². The van der Waals surface area contributed by atoms with E-state index in [-0.39, 0.29) is 5.56 Å². The highest BCUT2D eigenvalue weighted by molar-refractivity contribution is 5.01. The number of rotatable bonds is 3. The zero-order valence-electron chi connectivity index (χ0n) is 10.6. The Labute approximate surface area is 101 Å². The molecular weight excluding hydrogens is 216 g/mol. The van der Waals surface area contributed by atoms with Gasteiger partial charge in [0, 0.05) is 51.0 Å². The lowest BCUT2D eigenvalue weighted by Gasteiger charge is -2.27. The summed E-state index contributed by atoms with van der Waals surface area (Å²) in [6.07, 6.45) is 0. The Morgan fingerprint density at radius 1 is 1.29 bits per heavy atom. The fourth-order valence-electron chi connectivity index (χ4n) is 2.21. The Bertz CT molecular complexity index is 435. The normalized spacial score (nSPS) is 17.3. The molecule has 1 N–H and O–H groups in total. The third kappa shape index (κ3) is 3.14. The number of hydrogen-bond donors (Lipinski definition) is 1. The molecule has 17 heavy (non-hydrogen) atoms. The fourth-order valence-corrected chi connectivity index (χ4v) is 2.21. The SMILES string of the molecule is Cc1cc(=O)n(CCN2CCNCC2)c(C)n1. The molecule has 2 rings (SSSR count). The summed E-state index contributed by atoms with van der Waals surface area (Å²) in [6, 6.07) is 1.60. The fraction of sp³-hybridized carbons (Fsp3) is 0.667. The molecule has 5 heteroatoms. The molecule has 0 unspecified atom stereocenters. The van der Waals surface area contributed by atoms with Crippen LogP contribution in [0.3, 0.4) is 0 Å². The number of nitrogens with zero attached hydrogens (tertiary/aromatic N) is 3. The Balaban J connectivity index is 2.01. The molecule has 5 nitrogen and oxygen atoms in total. The Hall–Kier alpha value is -1.20. The van der Waals surface area contributed by atoms with Crippen molar-refractivity contribution in [2.24, 2.45) is 0 Å².